The van der Waals surface area contributed by atoms with Gasteiger partial charge < -0.3 is 31.2 Å². The lowest BCUT2D eigenvalue weighted by molar-refractivity contribution is 0.415. The maximum Gasteiger partial charge on any atom is 0.186 e. The summed E-state index contributed by atoms with van der Waals surface area (Å²) < 4.78 is 12.6. The number of nitrogen functional groups attached to an aromatic ring is 2. The fraction of sp³-hybridized carbons (Fsp3) is 0. The molecule has 0 radical (unpaired) electrons. The van der Waals surface area contributed by atoms with Crippen molar-refractivity contribution in [2.75, 3.05) is 11.5 Å². The lowest BCUT2D eigenvalue weighted by atomic mass is 10.1. The first kappa shape index (κ1) is 25.7. The number of benzene rings is 5. The Morgan fingerprint density at radius 2 is 0.875 bits per heavy atom. The first-order chi connectivity index (χ1) is 19.5. The van der Waals surface area contributed by atoms with Gasteiger partial charge in [-0.15, -0.1) is 0 Å². The minimum absolute atomic E-state index is 0.0602. The van der Waals surface area contributed by atoms with Gasteiger partial charge in [0, 0.05) is 23.3 Å². The fourth-order valence-electron chi connectivity index (χ4n) is 3.71. The number of anilines is 2. The van der Waals surface area contributed by atoms with Gasteiger partial charge in [0.15, 0.2) is 11.5 Å². The summed E-state index contributed by atoms with van der Waals surface area (Å²) in [6.45, 7) is 0. The Kier molecular flexibility index (Phi) is 7.44. The van der Waals surface area contributed by atoms with Crippen LogP contribution in [0.1, 0.15) is 22.3 Å². The van der Waals surface area contributed by atoms with Crippen LogP contribution in [-0.4, -0.2) is 10.2 Å². The molecule has 6 N–H and O–H groups in total. The predicted octanol–water partition coefficient (Wildman–Crippen LogP) is 6.65. The Labute approximate surface area is 232 Å². The molecule has 0 amide bonds. The summed E-state index contributed by atoms with van der Waals surface area (Å²) in [5, 5.41) is 19.8. The van der Waals surface area contributed by atoms with E-state index >= 15 is 0 Å². The predicted molar refractivity (Wildman–Crippen MR) is 156 cm³/mol. The monoisotopic (exact) mass is 524 g/mol. The molecule has 6 nitrogen and oxygen atoms in total. The zero-order valence-electron chi connectivity index (χ0n) is 21.3. The normalized spacial score (nSPS) is 10.0. The van der Waals surface area contributed by atoms with Crippen LogP contribution >= 0.6 is 0 Å². The molecular formula is C34H24N2O4. The summed E-state index contributed by atoms with van der Waals surface area (Å²) in [6.07, 6.45) is 0. The van der Waals surface area contributed by atoms with Gasteiger partial charge in [-0.05, 0) is 60.7 Å². The zero-order chi connectivity index (χ0) is 27.9. The van der Waals surface area contributed by atoms with Gasteiger partial charge in [0.1, 0.15) is 23.0 Å². The van der Waals surface area contributed by atoms with Crippen molar-refractivity contribution in [2.24, 2.45) is 0 Å². The van der Waals surface area contributed by atoms with Gasteiger partial charge in [-0.1, -0.05) is 60.1 Å². The second kappa shape index (κ2) is 11.6. The molecule has 0 bridgehead atoms. The molecule has 5 aromatic rings. The molecule has 5 rings (SSSR count). The number of rotatable bonds is 4. The molecule has 0 heterocycles. The van der Waals surface area contributed by atoms with Gasteiger partial charge in [-0.3, -0.25) is 0 Å². The Balaban J connectivity index is 1.69. The highest BCUT2D eigenvalue weighted by Gasteiger charge is 2.18. The van der Waals surface area contributed by atoms with E-state index in [0.29, 0.717) is 34.1 Å². The van der Waals surface area contributed by atoms with Crippen LogP contribution in [0.4, 0.5) is 11.4 Å². The first-order valence-corrected chi connectivity index (χ1v) is 12.3. The topological polar surface area (TPSA) is 111 Å². The van der Waals surface area contributed by atoms with E-state index in [9.17, 15) is 10.2 Å². The van der Waals surface area contributed by atoms with E-state index in [-0.39, 0.29) is 22.9 Å². The van der Waals surface area contributed by atoms with Gasteiger partial charge >= 0.3 is 0 Å². The van der Waals surface area contributed by atoms with Crippen LogP contribution in [0, 0.1) is 23.7 Å². The van der Waals surface area contributed by atoms with Crippen molar-refractivity contribution >= 4 is 11.4 Å². The number of aromatic hydroxyl groups is 2. The fourth-order valence-corrected chi connectivity index (χ4v) is 3.71. The van der Waals surface area contributed by atoms with Crippen molar-refractivity contribution < 1.29 is 19.7 Å². The van der Waals surface area contributed by atoms with Crippen LogP contribution in [0.5, 0.6) is 34.5 Å². The summed E-state index contributed by atoms with van der Waals surface area (Å²) >= 11 is 0. The number of phenols is 2. The minimum atomic E-state index is -0.0602. The quantitative estimate of drug-likeness (QED) is 0.119. The molecule has 40 heavy (non-hydrogen) atoms. The van der Waals surface area contributed by atoms with E-state index in [2.05, 4.69) is 23.7 Å². The lowest BCUT2D eigenvalue weighted by Crippen LogP contribution is -1.98. The first-order valence-electron chi connectivity index (χ1n) is 12.3. The standard InChI is InChI=1S/C34H24N2O4/c35-29-21-27(17-19-31(29)37)39-33-25(13-11-23-7-3-1-4-8-23)15-16-26(14-12-24-9-5-2-6-10-24)34(33)40-28-18-20-32(38)30(36)22-28/h1-10,15-22,37-38H,35-36H2. The Bertz CT molecular complexity index is 1660. The third-order valence-corrected chi connectivity index (χ3v) is 5.78. The van der Waals surface area contributed by atoms with Crippen LogP contribution in [0.15, 0.2) is 109 Å². The molecule has 194 valence electrons. The van der Waals surface area contributed by atoms with Crippen LogP contribution in [0.25, 0.3) is 0 Å². The molecule has 0 aliphatic carbocycles. The SMILES string of the molecule is Nc1cc(Oc2c(C#Cc3ccccc3)ccc(C#Cc3ccccc3)c2Oc2ccc(O)c(N)c2)ccc1O. The second-order valence-electron chi connectivity index (χ2n) is 8.70. The number of phenolic OH excluding ortho intramolecular Hbond substituents is 2. The summed E-state index contributed by atoms with van der Waals surface area (Å²) in [4.78, 5) is 0. The Morgan fingerprint density at radius 1 is 0.475 bits per heavy atom. The van der Waals surface area contributed by atoms with E-state index in [1.54, 1.807) is 12.1 Å². The molecule has 0 aromatic heterocycles. The maximum absolute atomic E-state index is 9.92. The number of hydrogen-bond acceptors (Lipinski definition) is 6. The smallest absolute Gasteiger partial charge is 0.186 e. The van der Waals surface area contributed by atoms with Crippen molar-refractivity contribution in [1.29, 1.82) is 0 Å². The van der Waals surface area contributed by atoms with Crippen molar-refractivity contribution in [3.05, 3.63) is 131 Å². The van der Waals surface area contributed by atoms with Crippen LogP contribution < -0.4 is 20.9 Å². The van der Waals surface area contributed by atoms with E-state index in [1.807, 2.05) is 72.8 Å². The highest BCUT2D eigenvalue weighted by Crippen LogP contribution is 2.42. The van der Waals surface area contributed by atoms with E-state index < -0.39 is 0 Å². The summed E-state index contributed by atoms with van der Waals surface area (Å²) in [7, 11) is 0. The third kappa shape index (κ3) is 6.11. The molecule has 0 fully saturated rings. The average molecular weight is 525 g/mol. The van der Waals surface area contributed by atoms with Crippen LogP contribution in [0.2, 0.25) is 0 Å². The molecule has 6 heteroatoms. The molecule has 0 atom stereocenters. The van der Waals surface area contributed by atoms with Gasteiger partial charge in [-0.2, -0.15) is 0 Å². The van der Waals surface area contributed by atoms with Crippen molar-refractivity contribution in [3.8, 4) is 58.2 Å². The molecule has 0 saturated heterocycles. The largest absolute Gasteiger partial charge is 0.506 e. The van der Waals surface area contributed by atoms with E-state index in [4.69, 9.17) is 20.9 Å². The third-order valence-electron chi connectivity index (χ3n) is 5.78. The minimum Gasteiger partial charge on any atom is -0.506 e. The molecule has 0 aliphatic rings. The average Bonchev–Trinajstić information content (AvgIpc) is 2.97. The molecule has 0 saturated carbocycles. The van der Waals surface area contributed by atoms with E-state index in [0.717, 1.165) is 11.1 Å². The number of nitrogens with two attached hydrogens (primary N) is 2. The van der Waals surface area contributed by atoms with Gasteiger partial charge in [0.2, 0.25) is 0 Å². The van der Waals surface area contributed by atoms with Gasteiger partial charge in [0.05, 0.1) is 22.5 Å². The van der Waals surface area contributed by atoms with Crippen molar-refractivity contribution in [1.82, 2.24) is 0 Å². The molecule has 0 aliphatic heterocycles. The highest BCUT2D eigenvalue weighted by molar-refractivity contribution is 5.67. The lowest BCUT2D eigenvalue weighted by Gasteiger charge is -2.17. The molecule has 0 unspecified atom stereocenters. The molecular weight excluding hydrogens is 500 g/mol. The summed E-state index contributed by atoms with van der Waals surface area (Å²) in [5.74, 6) is 13.8. The van der Waals surface area contributed by atoms with E-state index in [1.165, 1.54) is 24.3 Å². The molecule has 0 spiro atoms. The number of ether oxygens (including phenoxy) is 2. The molecule has 5 aromatic carbocycles. The second-order valence-corrected chi connectivity index (χ2v) is 8.70. The Hall–Kier alpha value is -5.98. The van der Waals surface area contributed by atoms with Gasteiger partial charge in [-0.25, -0.2) is 0 Å². The highest BCUT2D eigenvalue weighted by atomic mass is 16.5. The van der Waals surface area contributed by atoms with Crippen molar-refractivity contribution in [2.45, 2.75) is 0 Å². The summed E-state index contributed by atoms with van der Waals surface area (Å²) in [5.41, 5.74) is 14.9. The number of hydrogen-bond donors (Lipinski definition) is 4. The van der Waals surface area contributed by atoms with Crippen LogP contribution in [0.3, 0.4) is 0 Å². The van der Waals surface area contributed by atoms with Crippen molar-refractivity contribution in [3.63, 3.8) is 0 Å². The maximum atomic E-state index is 9.92. The summed E-state index contributed by atoms with van der Waals surface area (Å²) in [6, 6.07) is 31.8. The Morgan fingerprint density at radius 3 is 1.25 bits per heavy atom. The zero-order valence-corrected chi connectivity index (χ0v) is 21.3. The van der Waals surface area contributed by atoms with Crippen LogP contribution in [-0.2, 0) is 0 Å². The van der Waals surface area contributed by atoms with Gasteiger partial charge in [0.25, 0.3) is 0 Å².